The van der Waals surface area contributed by atoms with Crippen molar-refractivity contribution < 1.29 is 14.8 Å². The summed E-state index contributed by atoms with van der Waals surface area (Å²) >= 11 is 0. The Morgan fingerprint density at radius 3 is 2.62 bits per heavy atom. The van der Waals surface area contributed by atoms with E-state index in [-0.39, 0.29) is 5.91 Å². The van der Waals surface area contributed by atoms with Gasteiger partial charge in [-0.1, -0.05) is 0 Å². The summed E-state index contributed by atoms with van der Waals surface area (Å²) in [5, 5.41) is 22.6. The molecule has 0 bridgehead atoms. The lowest BCUT2D eigenvalue weighted by Gasteiger charge is -2.14. The van der Waals surface area contributed by atoms with Crippen LogP contribution in [0.3, 0.4) is 0 Å². The molecule has 84 valence electrons. The average Bonchev–Trinajstić information content (AvgIpc) is 2.38. The first-order valence-electron chi connectivity index (χ1n) is 4.67. The molecular formula is C10H10N2O4. The van der Waals surface area contributed by atoms with Crippen LogP contribution in [0.25, 0.3) is 0 Å². The van der Waals surface area contributed by atoms with Crippen LogP contribution in [0.2, 0.25) is 0 Å². The third-order valence-electron chi connectivity index (χ3n) is 2.80. The number of nitrogens with zero attached hydrogens (tertiary/aromatic N) is 1. The zero-order chi connectivity index (χ0) is 12.1. The molecule has 0 saturated carbocycles. The minimum atomic E-state index is -0.776. The van der Waals surface area contributed by atoms with Crippen molar-refractivity contribution in [3.8, 4) is 5.75 Å². The van der Waals surface area contributed by atoms with Gasteiger partial charge in [0.25, 0.3) is 0 Å². The number of carbonyl (C=O) groups is 1. The molecule has 1 aliphatic heterocycles. The van der Waals surface area contributed by atoms with Crippen molar-refractivity contribution in [2.75, 3.05) is 5.32 Å². The van der Waals surface area contributed by atoms with Gasteiger partial charge in [0.05, 0.1) is 16.0 Å². The number of nitro benzene ring substituents is 1. The molecule has 0 saturated heterocycles. The van der Waals surface area contributed by atoms with Gasteiger partial charge in [-0.15, -0.1) is 0 Å². The van der Waals surface area contributed by atoms with Crippen molar-refractivity contribution in [1.82, 2.24) is 0 Å². The number of nitrogens with one attached hydrogen (secondary N) is 1. The van der Waals surface area contributed by atoms with E-state index in [0.29, 0.717) is 11.3 Å². The Morgan fingerprint density at radius 1 is 1.44 bits per heavy atom. The number of nitro groups is 1. The Bertz CT molecular complexity index is 508. The summed E-state index contributed by atoms with van der Waals surface area (Å²) in [4.78, 5) is 21.5. The second-order valence-corrected chi connectivity index (χ2v) is 4.22. The number of aromatic hydroxyl groups is 1. The monoisotopic (exact) mass is 222 g/mol. The summed E-state index contributed by atoms with van der Waals surface area (Å²) in [7, 11) is 0. The van der Waals surface area contributed by atoms with E-state index >= 15 is 0 Å². The first kappa shape index (κ1) is 10.4. The Balaban J connectivity index is 2.65. The number of carbonyl (C=O) groups excluding carboxylic acids is 1. The van der Waals surface area contributed by atoms with Gasteiger partial charge in [-0.3, -0.25) is 14.9 Å². The lowest BCUT2D eigenvalue weighted by Crippen LogP contribution is -2.26. The largest absolute Gasteiger partial charge is 0.502 e. The summed E-state index contributed by atoms with van der Waals surface area (Å²) in [6, 6.07) is 2.45. The molecule has 0 spiro atoms. The van der Waals surface area contributed by atoms with E-state index in [4.69, 9.17) is 0 Å². The van der Waals surface area contributed by atoms with Gasteiger partial charge in [-0.2, -0.15) is 0 Å². The fraction of sp³-hybridized carbons (Fsp3) is 0.300. The molecule has 1 aliphatic rings. The molecule has 0 aliphatic carbocycles. The van der Waals surface area contributed by atoms with E-state index in [9.17, 15) is 20.0 Å². The molecule has 0 unspecified atom stereocenters. The van der Waals surface area contributed by atoms with Crippen molar-refractivity contribution in [2.45, 2.75) is 19.3 Å². The first-order chi connectivity index (χ1) is 7.34. The van der Waals surface area contributed by atoms with Crippen LogP contribution >= 0.6 is 0 Å². The van der Waals surface area contributed by atoms with Crippen LogP contribution in [-0.4, -0.2) is 15.9 Å². The quantitative estimate of drug-likeness (QED) is 0.428. The van der Waals surface area contributed by atoms with Crippen LogP contribution < -0.4 is 5.32 Å². The first-order valence-corrected chi connectivity index (χ1v) is 4.67. The van der Waals surface area contributed by atoms with Crippen molar-refractivity contribution in [3.63, 3.8) is 0 Å². The van der Waals surface area contributed by atoms with Crippen molar-refractivity contribution in [1.29, 1.82) is 0 Å². The Labute approximate surface area is 91.0 Å². The van der Waals surface area contributed by atoms with Gasteiger partial charge in [-0.05, 0) is 25.5 Å². The van der Waals surface area contributed by atoms with E-state index in [2.05, 4.69) is 5.32 Å². The fourth-order valence-electron chi connectivity index (χ4n) is 1.74. The number of hydrogen-bond acceptors (Lipinski definition) is 4. The highest BCUT2D eigenvalue weighted by atomic mass is 16.6. The maximum absolute atomic E-state index is 11.6. The van der Waals surface area contributed by atoms with Gasteiger partial charge in [0.15, 0.2) is 5.75 Å². The summed E-state index contributed by atoms with van der Waals surface area (Å²) in [6.07, 6.45) is 0. The second-order valence-electron chi connectivity index (χ2n) is 4.22. The summed E-state index contributed by atoms with van der Waals surface area (Å²) < 4.78 is 0. The summed E-state index contributed by atoms with van der Waals surface area (Å²) in [5.74, 6) is -0.657. The molecule has 6 nitrogen and oxygen atoms in total. The molecule has 0 radical (unpaired) electrons. The molecule has 1 heterocycles. The lowest BCUT2D eigenvalue weighted by molar-refractivity contribution is -0.385. The van der Waals surface area contributed by atoms with Gasteiger partial charge in [-0.25, -0.2) is 0 Å². The van der Waals surface area contributed by atoms with Gasteiger partial charge in [0.1, 0.15) is 0 Å². The average molecular weight is 222 g/mol. The molecule has 1 aromatic carbocycles. The van der Waals surface area contributed by atoms with E-state index in [1.165, 1.54) is 12.1 Å². The highest BCUT2D eigenvalue weighted by molar-refractivity contribution is 6.06. The standard InChI is InChI=1S/C10H10N2O4/c1-10(2)5-3-8(13)7(12(15)16)4-6(5)11-9(10)14/h3-4,13H,1-2H3,(H,11,14). The van der Waals surface area contributed by atoms with E-state index in [1.807, 2.05) is 0 Å². The van der Waals surface area contributed by atoms with Crippen LogP contribution in [-0.2, 0) is 10.2 Å². The van der Waals surface area contributed by atoms with Crippen molar-refractivity contribution in [3.05, 3.63) is 27.8 Å². The topological polar surface area (TPSA) is 92.5 Å². The minimum absolute atomic E-state index is 0.234. The third-order valence-corrected chi connectivity index (χ3v) is 2.80. The van der Waals surface area contributed by atoms with Crippen molar-refractivity contribution >= 4 is 17.3 Å². The number of fused-ring (bicyclic) bond motifs is 1. The summed E-state index contributed by atoms with van der Waals surface area (Å²) in [5.41, 5.74) is -0.223. The van der Waals surface area contributed by atoms with Crippen LogP contribution in [0.5, 0.6) is 5.75 Å². The molecule has 0 fully saturated rings. The second kappa shape index (κ2) is 2.94. The predicted octanol–water partition coefficient (Wildman–Crippen LogP) is 1.53. The Morgan fingerprint density at radius 2 is 2.06 bits per heavy atom. The molecule has 0 aromatic heterocycles. The fourth-order valence-corrected chi connectivity index (χ4v) is 1.74. The van der Waals surface area contributed by atoms with Gasteiger partial charge in [0, 0.05) is 6.07 Å². The number of anilines is 1. The molecule has 2 rings (SSSR count). The number of phenolic OH excluding ortho intramolecular Hbond substituents is 1. The zero-order valence-electron chi connectivity index (χ0n) is 8.77. The third kappa shape index (κ3) is 1.23. The zero-order valence-corrected chi connectivity index (χ0v) is 8.77. The van der Waals surface area contributed by atoms with Crippen molar-refractivity contribution in [2.24, 2.45) is 0 Å². The highest BCUT2D eigenvalue weighted by Crippen LogP contribution is 2.42. The van der Waals surface area contributed by atoms with Gasteiger partial charge in [0.2, 0.25) is 5.91 Å². The lowest BCUT2D eigenvalue weighted by atomic mass is 9.86. The maximum atomic E-state index is 11.6. The number of rotatable bonds is 1. The number of benzene rings is 1. The maximum Gasteiger partial charge on any atom is 0.312 e. The molecule has 2 N–H and O–H groups in total. The molecule has 0 atom stereocenters. The number of phenols is 1. The summed E-state index contributed by atoms with van der Waals surface area (Å²) in [6.45, 7) is 3.39. The molecule has 6 heteroatoms. The smallest absolute Gasteiger partial charge is 0.312 e. The van der Waals surface area contributed by atoms with Crippen LogP contribution in [0.4, 0.5) is 11.4 Å². The van der Waals surface area contributed by atoms with Gasteiger partial charge < -0.3 is 10.4 Å². The minimum Gasteiger partial charge on any atom is -0.502 e. The molecule has 1 aromatic rings. The Hall–Kier alpha value is -2.11. The van der Waals surface area contributed by atoms with E-state index < -0.39 is 21.8 Å². The van der Waals surface area contributed by atoms with Crippen LogP contribution in [0.1, 0.15) is 19.4 Å². The number of hydrogen-bond donors (Lipinski definition) is 2. The Kier molecular flexibility index (Phi) is 1.91. The SMILES string of the molecule is CC1(C)C(=O)Nc2cc([N+](=O)[O-])c(O)cc21. The molecular weight excluding hydrogens is 212 g/mol. The number of amides is 1. The predicted molar refractivity (Wildman–Crippen MR) is 56.4 cm³/mol. The van der Waals surface area contributed by atoms with Gasteiger partial charge >= 0.3 is 5.69 Å². The van der Waals surface area contributed by atoms with E-state index in [0.717, 1.165) is 0 Å². The highest BCUT2D eigenvalue weighted by Gasteiger charge is 2.40. The van der Waals surface area contributed by atoms with Crippen LogP contribution in [0.15, 0.2) is 12.1 Å². The molecule has 16 heavy (non-hydrogen) atoms. The van der Waals surface area contributed by atoms with Crippen LogP contribution in [0, 0.1) is 10.1 Å². The normalized spacial score (nSPS) is 16.8. The van der Waals surface area contributed by atoms with E-state index in [1.54, 1.807) is 13.8 Å². The molecule has 1 amide bonds.